The highest BCUT2D eigenvalue weighted by molar-refractivity contribution is 5.81. The van der Waals surface area contributed by atoms with Crippen molar-refractivity contribution < 1.29 is 9.18 Å². The number of nitrogens with zero attached hydrogens (tertiary/aromatic N) is 4. The lowest BCUT2D eigenvalue weighted by molar-refractivity contribution is -0.132. The van der Waals surface area contributed by atoms with Crippen molar-refractivity contribution in [3.8, 4) is 6.07 Å². The highest BCUT2D eigenvalue weighted by Gasteiger charge is 2.33. The predicted octanol–water partition coefficient (Wildman–Crippen LogP) is 2.90. The number of carbonyl (C=O) groups excluding carboxylic acids is 1. The van der Waals surface area contributed by atoms with Gasteiger partial charge in [0, 0.05) is 19.0 Å². The summed E-state index contributed by atoms with van der Waals surface area (Å²) in [7, 11) is 0. The molecule has 26 heavy (non-hydrogen) atoms. The van der Waals surface area contributed by atoms with E-state index in [9.17, 15) is 9.18 Å². The van der Waals surface area contributed by atoms with Gasteiger partial charge in [-0.25, -0.2) is 14.4 Å². The van der Waals surface area contributed by atoms with Gasteiger partial charge >= 0.3 is 0 Å². The van der Waals surface area contributed by atoms with Crippen molar-refractivity contribution in [2.75, 3.05) is 18.4 Å². The fraction of sp³-hybridized carbons (Fsp3) is 0.368. The van der Waals surface area contributed by atoms with Gasteiger partial charge in [0.25, 0.3) is 0 Å². The first-order valence-electron chi connectivity index (χ1n) is 8.63. The van der Waals surface area contributed by atoms with Crippen LogP contribution in [0.5, 0.6) is 0 Å². The van der Waals surface area contributed by atoms with Crippen molar-refractivity contribution in [3.05, 3.63) is 53.6 Å². The van der Waals surface area contributed by atoms with Crippen molar-refractivity contribution >= 4 is 11.9 Å². The van der Waals surface area contributed by atoms with Crippen molar-refractivity contribution in [2.24, 2.45) is 5.92 Å². The monoisotopic (exact) mass is 353 g/mol. The summed E-state index contributed by atoms with van der Waals surface area (Å²) < 4.78 is 13.3. The molecule has 2 aromatic rings. The minimum absolute atomic E-state index is 0.134. The van der Waals surface area contributed by atoms with Crippen LogP contribution in [0.25, 0.3) is 0 Å². The Morgan fingerprint density at radius 3 is 2.54 bits per heavy atom. The molecule has 0 aliphatic heterocycles. The van der Waals surface area contributed by atoms with E-state index in [-0.39, 0.29) is 23.7 Å². The van der Waals surface area contributed by atoms with Gasteiger partial charge in [0.15, 0.2) is 0 Å². The maximum atomic E-state index is 13.3. The van der Waals surface area contributed by atoms with Crippen LogP contribution in [-0.2, 0) is 4.79 Å². The smallest absolute Gasteiger partial charge is 0.225 e. The highest BCUT2D eigenvalue weighted by atomic mass is 19.1. The van der Waals surface area contributed by atoms with Crippen LogP contribution in [0.3, 0.4) is 0 Å². The fourth-order valence-electron chi connectivity index (χ4n) is 2.73. The quantitative estimate of drug-likeness (QED) is 0.828. The van der Waals surface area contributed by atoms with Crippen LogP contribution in [0.4, 0.5) is 10.3 Å². The van der Waals surface area contributed by atoms with Gasteiger partial charge in [0.05, 0.1) is 24.0 Å². The van der Waals surface area contributed by atoms with E-state index < -0.39 is 0 Å². The van der Waals surface area contributed by atoms with E-state index in [0.717, 1.165) is 18.4 Å². The molecule has 1 saturated carbocycles. The second-order valence-electron chi connectivity index (χ2n) is 6.31. The van der Waals surface area contributed by atoms with Crippen molar-refractivity contribution in [2.45, 2.75) is 25.8 Å². The number of anilines is 1. The molecule has 0 radical (unpaired) electrons. The summed E-state index contributed by atoms with van der Waals surface area (Å²) in [4.78, 5) is 22.5. The minimum Gasteiger partial charge on any atom is -0.346 e. The Kier molecular flexibility index (Phi) is 5.42. The Morgan fingerprint density at radius 1 is 1.35 bits per heavy atom. The molecular weight excluding hydrogens is 333 g/mol. The topological polar surface area (TPSA) is 81.9 Å². The molecule has 1 amide bonds. The summed E-state index contributed by atoms with van der Waals surface area (Å²) in [5.74, 6) is 0.328. The largest absolute Gasteiger partial charge is 0.346 e. The van der Waals surface area contributed by atoms with E-state index in [1.807, 2.05) is 17.9 Å². The van der Waals surface area contributed by atoms with Crippen LogP contribution in [0.15, 0.2) is 36.7 Å². The zero-order valence-corrected chi connectivity index (χ0v) is 14.5. The number of halogens is 1. The SMILES string of the molecule is CCN(CC(Nc1ncc(C#N)cn1)c1ccc(F)cc1)C(=O)C1CC1. The molecular formula is C19H20FN5O. The van der Waals surface area contributed by atoms with Gasteiger partial charge in [0.1, 0.15) is 11.9 Å². The van der Waals surface area contributed by atoms with Crippen LogP contribution in [0.2, 0.25) is 0 Å². The van der Waals surface area contributed by atoms with Crippen LogP contribution < -0.4 is 5.32 Å². The maximum Gasteiger partial charge on any atom is 0.225 e. The van der Waals surface area contributed by atoms with Crippen molar-refractivity contribution in [1.29, 1.82) is 5.26 Å². The number of hydrogen-bond acceptors (Lipinski definition) is 5. The van der Waals surface area contributed by atoms with E-state index in [1.165, 1.54) is 24.5 Å². The Labute approximate surface area is 151 Å². The van der Waals surface area contributed by atoms with Crippen molar-refractivity contribution in [1.82, 2.24) is 14.9 Å². The van der Waals surface area contributed by atoms with Gasteiger partial charge in [-0.1, -0.05) is 12.1 Å². The van der Waals surface area contributed by atoms with Crippen LogP contribution >= 0.6 is 0 Å². The van der Waals surface area contributed by atoms with Crippen LogP contribution in [-0.4, -0.2) is 33.9 Å². The highest BCUT2D eigenvalue weighted by Crippen LogP contribution is 2.32. The summed E-state index contributed by atoms with van der Waals surface area (Å²) in [6, 6.07) is 7.84. The molecule has 0 spiro atoms. The molecule has 7 heteroatoms. The van der Waals surface area contributed by atoms with Gasteiger partial charge < -0.3 is 10.2 Å². The lowest BCUT2D eigenvalue weighted by Crippen LogP contribution is -2.37. The third kappa shape index (κ3) is 4.33. The minimum atomic E-state index is -0.316. The number of nitrogens with one attached hydrogen (secondary N) is 1. The van der Waals surface area contributed by atoms with Gasteiger partial charge in [-0.3, -0.25) is 4.79 Å². The zero-order valence-electron chi connectivity index (χ0n) is 14.5. The Hall–Kier alpha value is -3.01. The van der Waals surface area contributed by atoms with Crippen LogP contribution in [0.1, 0.15) is 36.9 Å². The molecule has 1 aromatic heterocycles. The number of carbonyl (C=O) groups is 1. The predicted molar refractivity (Wildman–Crippen MR) is 94.5 cm³/mol. The number of benzene rings is 1. The summed E-state index contributed by atoms with van der Waals surface area (Å²) in [5, 5.41) is 12.1. The Morgan fingerprint density at radius 2 is 2.00 bits per heavy atom. The molecule has 134 valence electrons. The lowest BCUT2D eigenvalue weighted by atomic mass is 10.1. The Balaban J connectivity index is 1.81. The van der Waals surface area contributed by atoms with E-state index in [4.69, 9.17) is 5.26 Å². The number of nitriles is 1. The zero-order chi connectivity index (χ0) is 18.5. The molecule has 1 heterocycles. The maximum absolute atomic E-state index is 13.3. The van der Waals surface area contributed by atoms with E-state index in [0.29, 0.717) is 24.6 Å². The first-order chi connectivity index (χ1) is 12.6. The van der Waals surface area contributed by atoms with Gasteiger partial charge in [-0.2, -0.15) is 5.26 Å². The Bertz CT molecular complexity index is 796. The van der Waals surface area contributed by atoms with Crippen LogP contribution in [0, 0.1) is 23.1 Å². The van der Waals surface area contributed by atoms with E-state index in [1.54, 1.807) is 12.1 Å². The number of amides is 1. The fourth-order valence-corrected chi connectivity index (χ4v) is 2.73. The number of hydrogen-bond donors (Lipinski definition) is 1. The first-order valence-corrected chi connectivity index (χ1v) is 8.63. The van der Waals surface area contributed by atoms with Gasteiger partial charge in [0.2, 0.25) is 11.9 Å². The summed E-state index contributed by atoms with van der Waals surface area (Å²) >= 11 is 0. The van der Waals surface area contributed by atoms with Gasteiger partial charge in [-0.05, 0) is 37.5 Å². The van der Waals surface area contributed by atoms with E-state index >= 15 is 0 Å². The molecule has 1 aromatic carbocycles. The first kappa shape index (κ1) is 17.8. The second-order valence-corrected chi connectivity index (χ2v) is 6.31. The number of likely N-dealkylation sites (N-methyl/N-ethyl adjacent to an activating group) is 1. The number of aromatic nitrogens is 2. The third-order valence-electron chi connectivity index (χ3n) is 4.38. The molecule has 0 bridgehead atoms. The molecule has 6 nitrogen and oxygen atoms in total. The van der Waals surface area contributed by atoms with Gasteiger partial charge in [-0.15, -0.1) is 0 Å². The second kappa shape index (κ2) is 7.91. The standard InChI is InChI=1S/C19H20FN5O/c1-2-25(18(26)15-3-4-15)12-17(14-5-7-16(20)8-6-14)24-19-22-10-13(9-21)11-23-19/h5-8,10-11,15,17H,2-4,12H2,1H3,(H,22,23,24). The third-order valence-corrected chi connectivity index (χ3v) is 4.38. The molecule has 1 aliphatic rings. The molecule has 0 saturated heterocycles. The molecule has 1 unspecified atom stereocenters. The summed E-state index contributed by atoms with van der Waals surface area (Å²) in [5.41, 5.74) is 1.20. The van der Waals surface area contributed by atoms with E-state index in [2.05, 4.69) is 15.3 Å². The molecule has 1 atom stereocenters. The van der Waals surface area contributed by atoms with Crippen molar-refractivity contribution in [3.63, 3.8) is 0 Å². The molecule has 3 rings (SSSR count). The molecule has 1 fully saturated rings. The molecule has 1 aliphatic carbocycles. The normalized spacial score (nSPS) is 14.3. The summed E-state index contributed by atoms with van der Waals surface area (Å²) in [6.07, 6.45) is 4.76. The molecule has 1 N–H and O–H groups in total. The lowest BCUT2D eigenvalue weighted by Gasteiger charge is -2.28. The average Bonchev–Trinajstić information content (AvgIpc) is 3.51. The average molecular weight is 353 g/mol. The number of rotatable bonds is 7. The summed E-state index contributed by atoms with van der Waals surface area (Å²) in [6.45, 7) is 2.98.